The Morgan fingerprint density at radius 2 is 1.88 bits per heavy atom. The van der Waals surface area contributed by atoms with Gasteiger partial charge < -0.3 is 5.32 Å². The Bertz CT molecular complexity index is 243. The lowest BCUT2D eigenvalue weighted by atomic mass is 9.86. The Balaban J connectivity index is 1.58. The van der Waals surface area contributed by atoms with E-state index in [0.717, 1.165) is 24.0 Å². The van der Waals surface area contributed by atoms with Gasteiger partial charge in [0.2, 0.25) is 0 Å². The lowest BCUT2D eigenvalue weighted by molar-refractivity contribution is 0.116. The van der Waals surface area contributed by atoms with Gasteiger partial charge in [0.05, 0.1) is 0 Å². The van der Waals surface area contributed by atoms with Crippen molar-refractivity contribution < 1.29 is 0 Å². The molecule has 1 heterocycles. The summed E-state index contributed by atoms with van der Waals surface area (Å²) in [6.45, 7) is 5.04. The molecule has 3 atom stereocenters. The van der Waals surface area contributed by atoms with Gasteiger partial charge in [-0.15, -0.1) is 0 Å². The minimum absolute atomic E-state index is 0.799. The molecule has 1 saturated heterocycles. The maximum absolute atomic E-state index is 3.68. The average molecular weight is 236 g/mol. The number of hydrogen-bond donors (Lipinski definition) is 1. The van der Waals surface area contributed by atoms with Gasteiger partial charge in [-0.3, -0.25) is 4.90 Å². The SMILES string of the molecule is CC1CCCC(N(CC2CCCN2)C2CC2)C1. The van der Waals surface area contributed by atoms with Gasteiger partial charge in [-0.25, -0.2) is 0 Å². The highest BCUT2D eigenvalue weighted by Crippen LogP contribution is 2.35. The zero-order valence-electron chi connectivity index (χ0n) is 11.3. The molecular formula is C15H28N2. The van der Waals surface area contributed by atoms with Crippen molar-refractivity contribution in [3.63, 3.8) is 0 Å². The molecule has 2 nitrogen and oxygen atoms in total. The molecule has 3 rings (SSSR count). The number of nitrogens with one attached hydrogen (secondary N) is 1. The maximum atomic E-state index is 3.68. The van der Waals surface area contributed by atoms with Crippen LogP contribution in [-0.4, -0.2) is 36.1 Å². The van der Waals surface area contributed by atoms with Crippen molar-refractivity contribution in [3.8, 4) is 0 Å². The molecule has 0 aromatic carbocycles. The van der Waals surface area contributed by atoms with E-state index in [2.05, 4.69) is 17.1 Å². The van der Waals surface area contributed by atoms with Crippen LogP contribution in [0, 0.1) is 5.92 Å². The molecule has 2 aliphatic carbocycles. The van der Waals surface area contributed by atoms with E-state index in [1.807, 2.05) is 0 Å². The van der Waals surface area contributed by atoms with Crippen LogP contribution in [0.25, 0.3) is 0 Å². The average Bonchev–Trinajstić information content (AvgIpc) is 3.03. The van der Waals surface area contributed by atoms with E-state index < -0.39 is 0 Å². The summed E-state index contributed by atoms with van der Waals surface area (Å²) in [6, 6.07) is 2.66. The zero-order chi connectivity index (χ0) is 11.7. The van der Waals surface area contributed by atoms with Gasteiger partial charge in [0.25, 0.3) is 0 Å². The Kier molecular flexibility index (Phi) is 3.72. The van der Waals surface area contributed by atoms with E-state index in [-0.39, 0.29) is 0 Å². The Morgan fingerprint density at radius 1 is 1.00 bits per heavy atom. The summed E-state index contributed by atoms with van der Waals surface area (Å²) in [5.74, 6) is 0.964. The normalized spacial score (nSPS) is 38.8. The van der Waals surface area contributed by atoms with Crippen LogP contribution in [0.2, 0.25) is 0 Å². The van der Waals surface area contributed by atoms with Crippen LogP contribution in [0.3, 0.4) is 0 Å². The van der Waals surface area contributed by atoms with Crippen LogP contribution in [0.1, 0.15) is 58.3 Å². The van der Waals surface area contributed by atoms with Crippen molar-refractivity contribution in [1.82, 2.24) is 10.2 Å². The second-order valence-electron chi connectivity index (χ2n) is 6.65. The van der Waals surface area contributed by atoms with Crippen LogP contribution in [0.5, 0.6) is 0 Å². The summed E-state index contributed by atoms with van der Waals surface area (Å²) in [5.41, 5.74) is 0. The zero-order valence-corrected chi connectivity index (χ0v) is 11.3. The third-order valence-electron chi connectivity index (χ3n) is 4.99. The smallest absolute Gasteiger partial charge is 0.0195 e. The van der Waals surface area contributed by atoms with Crippen molar-refractivity contribution in [2.45, 2.75) is 76.4 Å². The summed E-state index contributed by atoms with van der Waals surface area (Å²) in [5, 5.41) is 3.68. The largest absolute Gasteiger partial charge is 0.313 e. The van der Waals surface area contributed by atoms with Gasteiger partial charge in [0.15, 0.2) is 0 Å². The fourth-order valence-electron chi connectivity index (χ4n) is 3.87. The molecule has 0 aromatic rings. The summed E-state index contributed by atoms with van der Waals surface area (Å²) < 4.78 is 0. The highest BCUT2D eigenvalue weighted by Gasteiger charge is 2.36. The molecule has 0 bridgehead atoms. The predicted molar refractivity (Wildman–Crippen MR) is 72.2 cm³/mol. The fraction of sp³-hybridized carbons (Fsp3) is 1.00. The molecule has 2 heteroatoms. The van der Waals surface area contributed by atoms with E-state index in [9.17, 15) is 0 Å². The highest BCUT2D eigenvalue weighted by atomic mass is 15.2. The second-order valence-corrected chi connectivity index (χ2v) is 6.65. The lowest BCUT2D eigenvalue weighted by Crippen LogP contribution is -2.46. The highest BCUT2D eigenvalue weighted by molar-refractivity contribution is 4.93. The van der Waals surface area contributed by atoms with E-state index in [4.69, 9.17) is 0 Å². The first-order valence-corrected chi connectivity index (χ1v) is 7.82. The molecule has 0 spiro atoms. The van der Waals surface area contributed by atoms with Gasteiger partial charge in [-0.2, -0.15) is 0 Å². The van der Waals surface area contributed by atoms with Crippen molar-refractivity contribution in [2.24, 2.45) is 5.92 Å². The van der Waals surface area contributed by atoms with Crippen molar-refractivity contribution >= 4 is 0 Å². The van der Waals surface area contributed by atoms with Gasteiger partial charge in [-0.05, 0) is 51.0 Å². The molecule has 3 aliphatic rings. The van der Waals surface area contributed by atoms with Gasteiger partial charge in [0, 0.05) is 24.7 Å². The van der Waals surface area contributed by atoms with Crippen molar-refractivity contribution in [2.75, 3.05) is 13.1 Å². The molecule has 0 aromatic heterocycles. The van der Waals surface area contributed by atoms with Crippen LogP contribution in [0.4, 0.5) is 0 Å². The van der Waals surface area contributed by atoms with E-state index in [0.29, 0.717) is 0 Å². The number of nitrogens with zero attached hydrogens (tertiary/aromatic N) is 1. The molecule has 0 radical (unpaired) electrons. The molecule has 17 heavy (non-hydrogen) atoms. The summed E-state index contributed by atoms with van der Waals surface area (Å²) in [4.78, 5) is 2.89. The maximum Gasteiger partial charge on any atom is 0.0195 e. The van der Waals surface area contributed by atoms with E-state index >= 15 is 0 Å². The summed E-state index contributed by atoms with van der Waals surface area (Å²) in [6.07, 6.45) is 11.6. The molecule has 1 N–H and O–H groups in total. The molecule has 0 amide bonds. The second kappa shape index (κ2) is 5.27. The van der Waals surface area contributed by atoms with Crippen LogP contribution >= 0.6 is 0 Å². The topological polar surface area (TPSA) is 15.3 Å². The third-order valence-corrected chi connectivity index (χ3v) is 4.99. The quantitative estimate of drug-likeness (QED) is 0.807. The fourth-order valence-corrected chi connectivity index (χ4v) is 3.87. The molecule has 3 unspecified atom stereocenters. The van der Waals surface area contributed by atoms with Crippen LogP contribution < -0.4 is 5.32 Å². The van der Waals surface area contributed by atoms with Gasteiger partial charge in [-0.1, -0.05) is 19.8 Å². The van der Waals surface area contributed by atoms with E-state index in [1.54, 1.807) is 0 Å². The van der Waals surface area contributed by atoms with E-state index in [1.165, 1.54) is 64.5 Å². The lowest BCUT2D eigenvalue weighted by Gasteiger charge is -2.38. The Morgan fingerprint density at radius 3 is 2.53 bits per heavy atom. The first-order chi connectivity index (χ1) is 8.33. The number of hydrogen-bond acceptors (Lipinski definition) is 2. The van der Waals surface area contributed by atoms with Crippen LogP contribution in [-0.2, 0) is 0 Å². The number of rotatable bonds is 4. The molecule has 98 valence electrons. The minimum atomic E-state index is 0.799. The van der Waals surface area contributed by atoms with Gasteiger partial charge >= 0.3 is 0 Å². The summed E-state index contributed by atoms with van der Waals surface area (Å²) >= 11 is 0. The molecule has 2 saturated carbocycles. The molecular weight excluding hydrogens is 208 g/mol. The summed E-state index contributed by atoms with van der Waals surface area (Å²) in [7, 11) is 0. The molecule has 3 fully saturated rings. The van der Waals surface area contributed by atoms with Crippen molar-refractivity contribution in [1.29, 1.82) is 0 Å². The molecule has 1 aliphatic heterocycles. The first-order valence-electron chi connectivity index (χ1n) is 7.82. The minimum Gasteiger partial charge on any atom is -0.313 e. The predicted octanol–water partition coefficient (Wildman–Crippen LogP) is 2.78. The monoisotopic (exact) mass is 236 g/mol. The first kappa shape index (κ1) is 12.0. The van der Waals surface area contributed by atoms with Crippen LogP contribution in [0.15, 0.2) is 0 Å². The third kappa shape index (κ3) is 3.03. The standard InChI is InChI=1S/C15H28N2/c1-12-4-2-6-15(10-12)17(14-7-8-14)11-13-5-3-9-16-13/h12-16H,2-11H2,1H3. The van der Waals surface area contributed by atoms with Crippen molar-refractivity contribution in [3.05, 3.63) is 0 Å². The Labute approximate surface area is 106 Å². The van der Waals surface area contributed by atoms with Gasteiger partial charge in [0.1, 0.15) is 0 Å². The Hall–Kier alpha value is -0.0800.